The van der Waals surface area contributed by atoms with Crippen LogP contribution in [-0.2, 0) is 0 Å². The van der Waals surface area contributed by atoms with E-state index < -0.39 is 0 Å². The number of aromatic nitrogens is 3. The average Bonchev–Trinajstić information content (AvgIpc) is 2.99. The molecule has 118 valence electrons. The van der Waals surface area contributed by atoms with E-state index in [4.69, 9.17) is 0 Å². The maximum atomic E-state index is 12.2. The largest absolute Gasteiger partial charge is 0.350 e. The van der Waals surface area contributed by atoms with Gasteiger partial charge in [-0.25, -0.2) is 0 Å². The lowest BCUT2D eigenvalue weighted by molar-refractivity contribution is 0.0945. The highest BCUT2D eigenvalue weighted by Crippen LogP contribution is 2.17. The normalized spacial score (nSPS) is 12.4. The predicted octanol–water partition coefficient (Wildman–Crippen LogP) is 3.16. The smallest absolute Gasteiger partial charge is 0.271 e. The Bertz CT molecular complexity index is 616. The number of carbonyl (C=O) groups is 1. The van der Waals surface area contributed by atoms with E-state index in [9.17, 15) is 4.79 Å². The fraction of sp³-hybridized carbons (Fsp3) is 0.471. The molecule has 2 aromatic heterocycles. The third-order valence-electron chi connectivity index (χ3n) is 3.81. The Morgan fingerprint density at radius 3 is 2.68 bits per heavy atom. The Balaban J connectivity index is 1.97. The molecule has 5 heteroatoms. The summed E-state index contributed by atoms with van der Waals surface area (Å²) in [6, 6.07) is 5.89. The van der Waals surface area contributed by atoms with E-state index in [1.165, 1.54) is 0 Å². The molecule has 1 atom stereocenters. The number of pyridine rings is 1. The van der Waals surface area contributed by atoms with Gasteiger partial charge in [0.1, 0.15) is 5.69 Å². The molecular formula is C17H24N4O. The zero-order valence-corrected chi connectivity index (χ0v) is 13.7. The molecule has 2 aromatic rings. The topological polar surface area (TPSA) is 70.7 Å². The number of amides is 1. The Labute approximate surface area is 131 Å². The number of nitrogens with one attached hydrogen (secondary N) is 2. The molecule has 22 heavy (non-hydrogen) atoms. The van der Waals surface area contributed by atoms with Gasteiger partial charge in [0.05, 0.1) is 0 Å². The molecular weight excluding hydrogens is 276 g/mol. The van der Waals surface area contributed by atoms with Crippen LogP contribution in [0.25, 0.3) is 0 Å². The molecule has 0 saturated carbocycles. The summed E-state index contributed by atoms with van der Waals surface area (Å²) in [5.41, 5.74) is 3.56. The number of carbonyl (C=O) groups excluding carboxylic acids is 1. The zero-order valence-electron chi connectivity index (χ0n) is 13.7. The Morgan fingerprint density at radius 2 is 2.14 bits per heavy atom. The Morgan fingerprint density at radius 1 is 1.36 bits per heavy atom. The van der Waals surface area contributed by atoms with Crippen LogP contribution in [0, 0.1) is 6.92 Å². The molecule has 0 spiro atoms. The number of nitrogens with zero attached hydrogens (tertiary/aromatic N) is 2. The van der Waals surface area contributed by atoms with E-state index >= 15 is 0 Å². The van der Waals surface area contributed by atoms with Crippen molar-refractivity contribution in [2.24, 2.45) is 0 Å². The summed E-state index contributed by atoms with van der Waals surface area (Å²) in [4.78, 5) is 16.6. The third kappa shape index (κ3) is 3.93. The molecule has 0 aromatic carbocycles. The van der Waals surface area contributed by atoms with Crippen molar-refractivity contribution >= 4 is 5.91 Å². The molecule has 0 aliphatic rings. The van der Waals surface area contributed by atoms with Gasteiger partial charge >= 0.3 is 0 Å². The first-order chi connectivity index (χ1) is 10.5. The fourth-order valence-electron chi connectivity index (χ4n) is 2.23. The summed E-state index contributed by atoms with van der Waals surface area (Å²) < 4.78 is 0. The van der Waals surface area contributed by atoms with E-state index in [0.29, 0.717) is 18.2 Å². The molecule has 0 fully saturated rings. The molecule has 0 saturated heterocycles. The lowest BCUT2D eigenvalue weighted by atomic mass is 10.0. The summed E-state index contributed by atoms with van der Waals surface area (Å²) in [6.07, 6.45) is 2.79. The summed E-state index contributed by atoms with van der Waals surface area (Å²) >= 11 is 0. The number of aromatic amines is 1. The Kier molecular flexibility index (Phi) is 5.31. The quantitative estimate of drug-likeness (QED) is 0.861. The molecule has 0 bridgehead atoms. The number of hydrogen-bond donors (Lipinski definition) is 2. The molecule has 1 unspecified atom stereocenters. The second kappa shape index (κ2) is 7.20. The van der Waals surface area contributed by atoms with Crippen LogP contribution in [0.2, 0.25) is 0 Å². The van der Waals surface area contributed by atoms with Crippen molar-refractivity contribution in [1.82, 2.24) is 20.5 Å². The molecule has 0 aliphatic heterocycles. The second-order valence-electron chi connectivity index (χ2n) is 5.94. The lowest BCUT2D eigenvalue weighted by Crippen LogP contribution is -2.28. The molecule has 0 radical (unpaired) electrons. The second-order valence-corrected chi connectivity index (χ2v) is 5.94. The zero-order chi connectivity index (χ0) is 16.1. The van der Waals surface area contributed by atoms with E-state index in [2.05, 4.69) is 47.3 Å². The van der Waals surface area contributed by atoms with Crippen molar-refractivity contribution in [2.45, 2.75) is 46.0 Å². The van der Waals surface area contributed by atoms with Gasteiger partial charge in [0, 0.05) is 30.0 Å². The van der Waals surface area contributed by atoms with Crippen molar-refractivity contribution in [2.75, 3.05) is 6.54 Å². The van der Waals surface area contributed by atoms with Crippen molar-refractivity contribution in [3.05, 3.63) is 47.0 Å². The van der Waals surface area contributed by atoms with Crippen LogP contribution in [0.1, 0.15) is 66.5 Å². The van der Waals surface area contributed by atoms with E-state index in [-0.39, 0.29) is 11.8 Å². The third-order valence-corrected chi connectivity index (χ3v) is 3.81. The summed E-state index contributed by atoms with van der Waals surface area (Å²) in [7, 11) is 0. The molecule has 0 aliphatic carbocycles. The first-order valence-corrected chi connectivity index (χ1v) is 7.77. The molecule has 1 amide bonds. The average molecular weight is 300 g/mol. The molecule has 2 rings (SSSR count). The van der Waals surface area contributed by atoms with Crippen LogP contribution < -0.4 is 5.32 Å². The van der Waals surface area contributed by atoms with Gasteiger partial charge in [-0.2, -0.15) is 5.10 Å². The minimum Gasteiger partial charge on any atom is -0.350 e. The fourth-order valence-corrected chi connectivity index (χ4v) is 2.23. The van der Waals surface area contributed by atoms with Gasteiger partial charge in [0.2, 0.25) is 0 Å². The van der Waals surface area contributed by atoms with Crippen molar-refractivity contribution in [1.29, 1.82) is 0 Å². The molecule has 2 N–H and O–H groups in total. The minimum absolute atomic E-state index is 0.145. The minimum atomic E-state index is -0.145. The molecule has 5 nitrogen and oxygen atoms in total. The maximum absolute atomic E-state index is 12.2. The van der Waals surface area contributed by atoms with Crippen LogP contribution >= 0.6 is 0 Å². The highest BCUT2D eigenvalue weighted by molar-refractivity contribution is 5.92. The van der Waals surface area contributed by atoms with Crippen LogP contribution in [-0.4, -0.2) is 27.6 Å². The van der Waals surface area contributed by atoms with Gasteiger partial charge in [0.15, 0.2) is 0 Å². The van der Waals surface area contributed by atoms with Crippen molar-refractivity contribution in [3.8, 4) is 0 Å². The highest BCUT2D eigenvalue weighted by atomic mass is 16.1. The SMILES string of the molecule is CCC(CNC(=O)c1cc(C(C)C)[nH]n1)c1ccc(C)cn1. The summed E-state index contributed by atoms with van der Waals surface area (Å²) in [6.45, 7) is 8.80. The van der Waals surface area contributed by atoms with Gasteiger partial charge in [0.25, 0.3) is 5.91 Å². The Hall–Kier alpha value is -2.17. The highest BCUT2D eigenvalue weighted by Gasteiger charge is 2.15. The number of hydrogen-bond acceptors (Lipinski definition) is 3. The van der Waals surface area contributed by atoms with E-state index in [1.54, 1.807) is 0 Å². The van der Waals surface area contributed by atoms with Gasteiger partial charge in [-0.05, 0) is 37.0 Å². The van der Waals surface area contributed by atoms with Crippen LogP contribution in [0.15, 0.2) is 24.4 Å². The predicted molar refractivity (Wildman–Crippen MR) is 87.0 cm³/mol. The van der Waals surface area contributed by atoms with Crippen LogP contribution in [0.4, 0.5) is 0 Å². The standard InChI is InChI=1S/C17H24N4O/c1-5-13(14-7-6-12(4)9-18-14)10-19-17(22)16-8-15(11(2)3)20-21-16/h6-9,11,13H,5,10H2,1-4H3,(H,19,22)(H,20,21). The number of H-pyrrole nitrogens is 1. The number of aryl methyl sites for hydroxylation is 1. The van der Waals surface area contributed by atoms with Crippen molar-refractivity contribution in [3.63, 3.8) is 0 Å². The monoisotopic (exact) mass is 300 g/mol. The lowest BCUT2D eigenvalue weighted by Gasteiger charge is -2.15. The number of rotatable bonds is 6. The summed E-state index contributed by atoms with van der Waals surface area (Å²) in [5, 5.41) is 9.93. The summed E-state index contributed by atoms with van der Waals surface area (Å²) in [5.74, 6) is 0.399. The first kappa shape index (κ1) is 16.2. The van der Waals surface area contributed by atoms with Crippen molar-refractivity contribution < 1.29 is 4.79 Å². The van der Waals surface area contributed by atoms with Gasteiger partial charge in [-0.15, -0.1) is 0 Å². The van der Waals surface area contributed by atoms with E-state index in [0.717, 1.165) is 23.4 Å². The first-order valence-electron chi connectivity index (χ1n) is 7.77. The van der Waals surface area contributed by atoms with Crippen LogP contribution in [0.5, 0.6) is 0 Å². The van der Waals surface area contributed by atoms with Crippen LogP contribution in [0.3, 0.4) is 0 Å². The van der Waals surface area contributed by atoms with Gasteiger partial charge < -0.3 is 5.32 Å². The van der Waals surface area contributed by atoms with E-state index in [1.807, 2.05) is 25.3 Å². The van der Waals surface area contributed by atoms with Gasteiger partial charge in [-0.3, -0.25) is 14.9 Å². The molecule has 2 heterocycles. The maximum Gasteiger partial charge on any atom is 0.271 e. The van der Waals surface area contributed by atoms with Gasteiger partial charge in [-0.1, -0.05) is 26.8 Å².